The average Bonchev–Trinajstić information content (AvgIpc) is 3.16. The smallest absolute Gasteiger partial charge is 0.328 e. The maximum absolute atomic E-state index is 13.3. The predicted molar refractivity (Wildman–Crippen MR) is 138 cm³/mol. The normalized spacial score (nSPS) is 36.9. The summed E-state index contributed by atoms with van der Waals surface area (Å²) in [6.07, 6.45) is 5.63. The van der Waals surface area contributed by atoms with Crippen LogP contribution in [0.1, 0.15) is 85.0 Å². The van der Waals surface area contributed by atoms with Gasteiger partial charge < -0.3 is 25.4 Å². The molecule has 4 aliphatic rings. The number of allylic oxidation sites excluding steroid dienone is 1. The standard InChI is InChI=1S/C29H41NO9/c1-16(31)25(26(36)37)30-23(34)6-7-24(35)39-15-22(33)29(38)13-10-21-19-5-4-17-14-18(32)8-11-27(17,2)20(19)9-12-28(21,29)3/h14,16,19-21,25,31,38H,4-13,15H2,1-3H3,(H,30,34)(H,36,37)/t16-,19+,20-,21-,25-,27-,28-,29-/m0/s1. The molecule has 216 valence electrons. The zero-order chi connectivity index (χ0) is 28.8. The molecule has 0 aliphatic heterocycles. The molecule has 4 rings (SSSR count). The van der Waals surface area contributed by atoms with Crippen molar-refractivity contribution in [3.63, 3.8) is 0 Å². The number of carbonyl (C=O) groups is 5. The molecule has 0 heterocycles. The topological polar surface area (TPSA) is 167 Å². The first-order valence-electron chi connectivity index (χ1n) is 14.1. The zero-order valence-corrected chi connectivity index (χ0v) is 23.0. The number of ether oxygens (including phenoxy) is 1. The van der Waals surface area contributed by atoms with Crippen LogP contribution in [-0.2, 0) is 28.7 Å². The van der Waals surface area contributed by atoms with Gasteiger partial charge in [0.1, 0.15) is 5.60 Å². The lowest BCUT2D eigenvalue weighted by molar-refractivity contribution is -0.170. The van der Waals surface area contributed by atoms with Crippen LogP contribution in [0.3, 0.4) is 0 Å². The molecule has 0 aromatic rings. The molecule has 8 atom stereocenters. The van der Waals surface area contributed by atoms with Crippen LogP contribution >= 0.6 is 0 Å². The second-order valence-electron chi connectivity index (χ2n) is 12.5. The van der Waals surface area contributed by atoms with Crippen molar-refractivity contribution in [2.24, 2.45) is 28.6 Å². The largest absolute Gasteiger partial charge is 0.480 e. The predicted octanol–water partition coefficient (Wildman–Crippen LogP) is 2.09. The molecule has 3 saturated carbocycles. The minimum atomic E-state index is -1.61. The lowest BCUT2D eigenvalue weighted by Gasteiger charge is -2.58. The van der Waals surface area contributed by atoms with E-state index in [4.69, 9.17) is 9.84 Å². The average molecular weight is 548 g/mol. The number of aliphatic carboxylic acids is 1. The molecule has 0 aromatic carbocycles. The number of nitrogens with one attached hydrogen (secondary N) is 1. The zero-order valence-electron chi connectivity index (χ0n) is 23.0. The van der Waals surface area contributed by atoms with Crippen LogP contribution < -0.4 is 5.32 Å². The van der Waals surface area contributed by atoms with E-state index in [1.807, 2.05) is 13.0 Å². The first kappa shape index (κ1) is 29.4. The second kappa shape index (κ2) is 10.8. The summed E-state index contributed by atoms with van der Waals surface area (Å²) in [5.41, 5.74) is -0.985. The maximum Gasteiger partial charge on any atom is 0.328 e. The molecule has 10 nitrogen and oxygen atoms in total. The molecule has 0 bridgehead atoms. The number of hydrogen-bond acceptors (Lipinski definition) is 8. The Labute approximate surface area is 228 Å². The van der Waals surface area contributed by atoms with Gasteiger partial charge in [0, 0.05) is 18.3 Å². The van der Waals surface area contributed by atoms with Crippen molar-refractivity contribution in [1.82, 2.24) is 5.32 Å². The highest BCUT2D eigenvalue weighted by Crippen LogP contribution is 2.67. The van der Waals surface area contributed by atoms with E-state index in [0.29, 0.717) is 31.1 Å². The van der Waals surface area contributed by atoms with E-state index in [0.717, 1.165) is 32.1 Å². The Hall–Kier alpha value is -2.59. The highest BCUT2D eigenvalue weighted by Gasteiger charge is 2.66. The molecule has 4 N–H and O–H groups in total. The number of aliphatic hydroxyl groups excluding tert-OH is 1. The van der Waals surface area contributed by atoms with Crippen LogP contribution in [0.25, 0.3) is 0 Å². The highest BCUT2D eigenvalue weighted by molar-refractivity contribution is 5.92. The van der Waals surface area contributed by atoms with Gasteiger partial charge in [-0.25, -0.2) is 4.79 Å². The van der Waals surface area contributed by atoms with Gasteiger partial charge in [0.05, 0.1) is 12.5 Å². The third-order valence-electron chi connectivity index (χ3n) is 10.6. The van der Waals surface area contributed by atoms with Crippen molar-refractivity contribution < 1.29 is 44.0 Å². The van der Waals surface area contributed by atoms with Gasteiger partial charge in [-0.05, 0) is 81.1 Å². The van der Waals surface area contributed by atoms with Crippen LogP contribution in [0.4, 0.5) is 0 Å². The van der Waals surface area contributed by atoms with E-state index in [9.17, 15) is 34.2 Å². The Morgan fingerprint density at radius 3 is 2.41 bits per heavy atom. The van der Waals surface area contributed by atoms with Gasteiger partial charge in [0.15, 0.2) is 18.4 Å². The summed E-state index contributed by atoms with van der Waals surface area (Å²) in [5, 5.41) is 32.4. The van der Waals surface area contributed by atoms with Gasteiger partial charge in [-0.15, -0.1) is 0 Å². The van der Waals surface area contributed by atoms with Gasteiger partial charge in [0.25, 0.3) is 0 Å². The van der Waals surface area contributed by atoms with E-state index in [2.05, 4.69) is 12.2 Å². The van der Waals surface area contributed by atoms with E-state index >= 15 is 0 Å². The Balaban J connectivity index is 1.34. The fraction of sp³-hybridized carbons (Fsp3) is 0.759. The summed E-state index contributed by atoms with van der Waals surface area (Å²) in [4.78, 5) is 60.7. The molecule has 0 unspecified atom stereocenters. The molecule has 3 fully saturated rings. The van der Waals surface area contributed by atoms with E-state index in [-0.39, 0.29) is 30.0 Å². The minimum absolute atomic E-state index is 0.00953. The first-order chi connectivity index (χ1) is 18.2. The molecular formula is C29H41NO9. The number of amides is 1. The van der Waals surface area contributed by atoms with E-state index in [1.54, 1.807) is 0 Å². The van der Waals surface area contributed by atoms with Crippen molar-refractivity contribution in [2.45, 2.75) is 103 Å². The van der Waals surface area contributed by atoms with Crippen LogP contribution in [0, 0.1) is 28.6 Å². The van der Waals surface area contributed by atoms with Crippen molar-refractivity contribution in [2.75, 3.05) is 6.61 Å². The number of hydrogen-bond donors (Lipinski definition) is 4. The van der Waals surface area contributed by atoms with E-state index < -0.39 is 53.4 Å². The SMILES string of the molecule is C[C@H](O)[C@H](NC(=O)CCC(=O)OCC(=O)[C@@]1(O)CC[C@H]2[C@@H]3CCC4=CC(=O)CC[C@]4(C)[C@H]3CC[C@@]21C)C(=O)O. The van der Waals surface area contributed by atoms with Crippen LogP contribution in [-0.4, -0.2) is 69.1 Å². The number of esters is 1. The molecule has 4 aliphatic carbocycles. The number of Topliss-reactive ketones (excluding diaryl/α,β-unsaturated/α-hetero) is 1. The number of ketones is 2. The lowest BCUT2D eigenvalue weighted by Crippen LogP contribution is -2.58. The number of carbonyl (C=O) groups excluding carboxylic acids is 4. The quantitative estimate of drug-likeness (QED) is 0.316. The number of carboxylic acid groups (broad SMARTS) is 1. The Morgan fingerprint density at radius 1 is 1.05 bits per heavy atom. The van der Waals surface area contributed by atoms with Crippen molar-refractivity contribution in [3.05, 3.63) is 11.6 Å². The Morgan fingerprint density at radius 2 is 1.74 bits per heavy atom. The third kappa shape index (κ3) is 5.17. The Kier molecular flexibility index (Phi) is 8.11. The molecule has 0 spiro atoms. The molecule has 10 heteroatoms. The molecule has 1 amide bonds. The maximum atomic E-state index is 13.3. The monoisotopic (exact) mass is 547 g/mol. The molecule has 0 aromatic heterocycles. The second-order valence-corrected chi connectivity index (χ2v) is 12.5. The van der Waals surface area contributed by atoms with Crippen molar-refractivity contribution >= 4 is 29.4 Å². The van der Waals surface area contributed by atoms with Gasteiger partial charge in [-0.1, -0.05) is 19.4 Å². The summed E-state index contributed by atoms with van der Waals surface area (Å²) < 4.78 is 5.13. The number of rotatable bonds is 9. The van der Waals surface area contributed by atoms with E-state index in [1.165, 1.54) is 12.5 Å². The molecule has 39 heavy (non-hydrogen) atoms. The molecular weight excluding hydrogens is 506 g/mol. The lowest BCUT2D eigenvalue weighted by atomic mass is 9.46. The van der Waals surface area contributed by atoms with Crippen LogP contribution in [0.2, 0.25) is 0 Å². The van der Waals surface area contributed by atoms with Gasteiger partial charge in [-0.3, -0.25) is 19.2 Å². The van der Waals surface area contributed by atoms with Crippen molar-refractivity contribution in [3.8, 4) is 0 Å². The van der Waals surface area contributed by atoms with Gasteiger partial charge in [0.2, 0.25) is 11.7 Å². The summed E-state index contributed by atoms with van der Waals surface area (Å²) >= 11 is 0. The fourth-order valence-corrected chi connectivity index (χ4v) is 8.22. The number of aliphatic hydroxyl groups is 2. The molecule has 0 saturated heterocycles. The summed E-state index contributed by atoms with van der Waals surface area (Å²) in [7, 11) is 0. The fourth-order valence-electron chi connectivity index (χ4n) is 8.22. The van der Waals surface area contributed by atoms with Crippen molar-refractivity contribution in [1.29, 1.82) is 0 Å². The van der Waals surface area contributed by atoms with Gasteiger partial charge in [-0.2, -0.15) is 0 Å². The molecule has 0 radical (unpaired) electrons. The third-order valence-corrected chi connectivity index (χ3v) is 10.6. The Bertz CT molecular complexity index is 1080. The highest BCUT2D eigenvalue weighted by atomic mass is 16.5. The summed E-state index contributed by atoms with van der Waals surface area (Å²) in [5.74, 6) is -2.33. The first-order valence-corrected chi connectivity index (χ1v) is 14.1. The number of fused-ring (bicyclic) bond motifs is 5. The minimum Gasteiger partial charge on any atom is -0.480 e. The summed E-state index contributed by atoms with van der Waals surface area (Å²) in [6.45, 7) is 4.91. The summed E-state index contributed by atoms with van der Waals surface area (Å²) in [6, 6.07) is -1.49. The van der Waals surface area contributed by atoms with Crippen LogP contribution in [0.5, 0.6) is 0 Å². The van der Waals surface area contributed by atoms with Gasteiger partial charge >= 0.3 is 11.9 Å². The van der Waals surface area contributed by atoms with Crippen LogP contribution in [0.15, 0.2) is 11.6 Å². The number of carboxylic acids is 1.